The third kappa shape index (κ3) is 6.92. The van der Waals surface area contributed by atoms with Crippen molar-refractivity contribution in [2.24, 2.45) is 0 Å². The standard InChI is InChI=1S/C27H33F3N4O4/c1-18-21(8-6-5-7-11-32-12-14-33(15-13-32)25(37)38-26(2,3)4)24(36)34(23(18)35)20-10-9-19(17-31)22(16-20)27(28,29)30/h9-10,16H,5-8,11-15H2,1-4H3. The lowest BCUT2D eigenvalue weighted by molar-refractivity contribution is -0.138. The van der Waals surface area contributed by atoms with E-state index in [2.05, 4.69) is 4.90 Å². The highest BCUT2D eigenvalue weighted by molar-refractivity contribution is 6.32. The van der Waals surface area contributed by atoms with Gasteiger partial charge in [0.25, 0.3) is 11.8 Å². The van der Waals surface area contributed by atoms with Gasteiger partial charge in [-0.1, -0.05) is 6.42 Å². The van der Waals surface area contributed by atoms with Crippen molar-refractivity contribution in [2.45, 2.75) is 65.2 Å². The summed E-state index contributed by atoms with van der Waals surface area (Å²) in [6.45, 7) is 10.5. The lowest BCUT2D eigenvalue weighted by Gasteiger charge is -2.35. The monoisotopic (exact) mass is 534 g/mol. The maximum Gasteiger partial charge on any atom is 0.417 e. The average Bonchev–Trinajstić information content (AvgIpc) is 3.05. The number of amides is 3. The second kappa shape index (κ2) is 11.6. The summed E-state index contributed by atoms with van der Waals surface area (Å²) < 4.78 is 45.5. The van der Waals surface area contributed by atoms with Crippen molar-refractivity contribution in [3.05, 3.63) is 40.5 Å². The molecule has 1 aromatic carbocycles. The van der Waals surface area contributed by atoms with E-state index in [9.17, 15) is 27.6 Å². The molecular formula is C27H33F3N4O4. The summed E-state index contributed by atoms with van der Waals surface area (Å²) in [6, 6.07) is 4.32. The first-order valence-electron chi connectivity index (χ1n) is 12.6. The summed E-state index contributed by atoms with van der Waals surface area (Å²) in [6.07, 6.45) is -2.42. The zero-order valence-corrected chi connectivity index (χ0v) is 22.2. The Hall–Kier alpha value is -3.39. The summed E-state index contributed by atoms with van der Waals surface area (Å²) in [5, 5.41) is 8.99. The number of hydrogen-bond acceptors (Lipinski definition) is 6. The van der Waals surface area contributed by atoms with E-state index in [1.54, 1.807) is 4.90 Å². The van der Waals surface area contributed by atoms with Gasteiger partial charge in [0, 0.05) is 37.3 Å². The van der Waals surface area contributed by atoms with Gasteiger partial charge in [0.1, 0.15) is 5.60 Å². The Balaban J connectivity index is 1.48. The SMILES string of the molecule is CC1=C(CCCCCN2CCN(C(=O)OC(C)(C)C)CC2)C(=O)N(c2ccc(C#N)c(C(F)(F)F)c2)C1=O. The summed E-state index contributed by atoms with van der Waals surface area (Å²) in [5.74, 6) is -1.27. The van der Waals surface area contributed by atoms with Crippen LogP contribution in [-0.2, 0) is 20.5 Å². The number of anilines is 1. The highest BCUT2D eigenvalue weighted by Crippen LogP contribution is 2.37. The molecule has 38 heavy (non-hydrogen) atoms. The number of rotatable bonds is 7. The third-order valence-electron chi connectivity index (χ3n) is 6.55. The zero-order valence-electron chi connectivity index (χ0n) is 22.2. The van der Waals surface area contributed by atoms with E-state index in [0.717, 1.165) is 43.4 Å². The number of nitrogens with zero attached hydrogens (tertiary/aromatic N) is 4. The maximum absolute atomic E-state index is 13.4. The number of carbonyl (C=O) groups is 3. The van der Waals surface area contributed by atoms with Gasteiger partial charge in [0.05, 0.1) is 22.9 Å². The molecule has 0 N–H and O–H groups in total. The Kier molecular flexibility index (Phi) is 8.87. The van der Waals surface area contributed by atoms with Crippen LogP contribution < -0.4 is 4.90 Å². The van der Waals surface area contributed by atoms with Crippen LogP contribution >= 0.6 is 0 Å². The maximum atomic E-state index is 13.4. The Morgan fingerprint density at radius 2 is 1.68 bits per heavy atom. The molecule has 8 nitrogen and oxygen atoms in total. The molecule has 2 aliphatic heterocycles. The molecule has 0 aromatic heterocycles. The minimum atomic E-state index is -4.79. The Morgan fingerprint density at radius 1 is 1.03 bits per heavy atom. The molecule has 0 atom stereocenters. The third-order valence-corrected chi connectivity index (χ3v) is 6.55. The van der Waals surface area contributed by atoms with E-state index in [1.165, 1.54) is 19.1 Å². The number of ether oxygens (including phenoxy) is 1. The predicted molar refractivity (Wildman–Crippen MR) is 134 cm³/mol. The molecular weight excluding hydrogens is 501 g/mol. The average molecular weight is 535 g/mol. The topological polar surface area (TPSA) is 93.9 Å². The van der Waals surface area contributed by atoms with Crippen molar-refractivity contribution in [3.63, 3.8) is 0 Å². The fourth-order valence-corrected chi connectivity index (χ4v) is 4.51. The first-order chi connectivity index (χ1) is 17.7. The van der Waals surface area contributed by atoms with Crippen LogP contribution in [0.1, 0.15) is 64.5 Å². The smallest absolute Gasteiger partial charge is 0.417 e. The summed E-state index contributed by atoms with van der Waals surface area (Å²) in [5.41, 5.74) is -1.96. The van der Waals surface area contributed by atoms with Crippen LogP contribution in [0.2, 0.25) is 0 Å². The van der Waals surface area contributed by atoms with Crippen LogP contribution in [0.15, 0.2) is 29.3 Å². The molecule has 1 saturated heterocycles. The van der Waals surface area contributed by atoms with Crippen LogP contribution in [0.3, 0.4) is 0 Å². The largest absolute Gasteiger partial charge is 0.444 e. The quantitative estimate of drug-likeness (QED) is 0.366. The predicted octanol–water partition coefficient (Wildman–Crippen LogP) is 4.88. The molecule has 11 heteroatoms. The highest BCUT2D eigenvalue weighted by Gasteiger charge is 2.39. The number of piperazine rings is 1. The van der Waals surface area contributed by atoms with Crippen molar-refractivity contribution in [1.29, 1.82) is 5.26 Å². The van der Waals surface area contributed by atoms with Crippen molar-refractivity contribution < 1.29 is 32.3 Å². The lowest BCUT2D eigenvalue weighted by Crippen LogP contribution is -2.50. The Morgan fingerprint density at radius 3 is 2.26 bits per heavy atom. The van der Waals surface area contributed by atoms with Gasteiger partial charge in [-0.2, -0.15) is 18.4 Å². The number of alkyl halides is 3. The second-order valence-electron chi connectivity index (χ2n) is 10.5. The van der Waals surface area contributed by atoms with Crippen LogP contribution in [-0.4, -0.2) is 66.0 Å². The van der Waals surface area contributed by atoms with Gasteiger partial charge in [-0.3, -0.25) is 14.5 Å². The fourth-order valence-electron chi connectivity index (χ4n) is 4.51. The van der Waals surface area contributed by atoms with E-state index in [4.69, 9.17) is 10.00 Å². The first kappa shape index (κ1) is 29.2. The molecule has 206 valence electrons. The summed E-state index contributed by atoms with van der Waals surface area (Å²) >= 11 is 0. The number of benzene rings is 1. The summed E-state index contributed by atoms with van der Waals surface area (Å²) in [7, 11) is 0. The molecule has 0 unspecified atom stereocenters. The number of imide groups is 1. The lowest BCUT2D eigenvalue weighted by atomic mass is 10.0. The minimum absolute atomic E-state index is 0.203. The molecule has 0 aliphatic carbocycles. The minimum Gasteiger partial charge on any atom is -0.444 e. The van der Waals surface area contributed by atoms with Gasteiger partial charge in [-0.25, -0.2) is 9.69 Å². The molecule has 0 spiro atoms. The molecule has 0 bridgehead atoms. The highest BCUT2D eigenvalue weighted by atomic mass is 19.4. The van der Waals surface area contributed by atoms with Crippen LogP contribution in [0, 0.1) is 11.3 Å². The number of nitriles is 1. The molecule has 0 radical (unpaired) electrons. The summed E-state index contributed by atoms with van der Waals surface area (Å²) in [4.78, 5) is 42.6. The van der Waals surface area contributed by atoms with Crippen molar-refractivity contribution >= 4 is 23.6 Å². The molecule has 3 amide bonds. The van der Waals surface area contributed by atoms with Crippen LogP contribution in [0.5, 0.6) is 0 Å². The van der Waals surface area contributed by atoms with Gasteiger partial charge in [-0.15, -0.1) is 0 Å². The van der Waals surface area contributed by atoms with Gasteiger partial charge in [0.2, 0.25) is 0 Å². The fraction of sp³-hybridized carbons (Fsp3) is 0.556. The van der Waals surface area contributed by atoms with Crippen LogP contribution in [0.4, 0.5) is 23.7 Å². The molecule has 1 aromatic rings. The van der Waals surface area contributed by atoms with Crippen molar-refractivity contribution in [2.75, 3.05) is 37.6 Å². The van der Waals surface area contributed by atoms with E-state index in [1.807, 2.05) is 20.8 Å². The molecule has 2 heterocycles. The van der Waals surface area contributed by atoms with E-state index < -0.39 is 34.7 Å². The number of carbonyl (C=O) groups excluding carboxylic acids is 3. The number of hydrogen-bond donors (Lipinski definition) is 0. The zero-order chi connectivity index (χ0) is 28.3. The van der Waals surface area contributed by atoms with E-state index in [-0.39, 0.29) is 17.4 Å². The van der Waals surface area contributed by atoms with Gasteiger partial charge >= 0.3 is 12.3 Å². The Labute approximate surface area is 220 Å². The van der Waals surface area contributed by atoms with E-state index >= 15 is 0 Å². The van der Waals surface area contributed by atoms with Gasteiger partial charge in [0.15, 0.2) is 0 Å². The first-order valence-corrected chi connectivity index (χ1v) is 12.6. The molecule has 0 saturated carbocycles. The van der Waals surface area contributed by atoms with Gasteiger partial charge < -0.3 is 9.64 Å². The molecule has 3 rings (SSSR count). The van der Waals surface area contributed by atoms with Gasteiger partial charge in [-0.05, 0) is 71.7 Å². The number of halogens is 3. The van der Waals surface area contributed by atoms with Crippen LogP contribution in [0.25, 0.3) is 0 Å². The molecule has 2 aliphatic rings. The van der Waals surface area contributed by atoms with E-state index in [0.29, 0.717) is 37.6 Å². The van der Waals surface area contributed by atoms with Crippen molar-refractivity contribution in [1.82, 2.24) is 9.80 Å². The second-order valence-corrected chi connectivity index (χ2v) is 10.5. The molecule has 1 fully saturated rings. The Bertz CT molecular complexity index is 1160. The van der Waals surface area contributed by atoms with Crippen molar-refractivity contribution in [3.8, 4) is 6.07 Å². The normalized spacial score (nSPS) is 17.3. The number of unbranched alkanes of at least 4 members (excludes halogenated alkanes) is 2.